The second-order valence-electron chi connectivity index (χ2n) is 5.88. The summed E-state index contributed by atoms with van der Waals surface area (Å²) in [5.74, 6) is -0.236. The third-order valence-corrected chi connectivity index (χ3v) is 3.17. The second-order valence-corrected chi connectivity index (χ2v) is 5.88. The number of amides is 1. The van der Waals surface area contributed by atoms with Gasteiger partial charge in [-0.1, -0.05) is 12.1 Å². The van der Waals surface area contributed by atoms with Crippen LogP contribution in [0.3, 0.4) is 0 Å². The third kappa shape index (κ3) is 5.45. The van der Waals surface area contributed by atoms with Crippen LogP contribution in [0.2, 0.25) is 0 Å². The van der Waals surface area contributed by atoms with E-state index >= 15 is 0 Å². The van der Waals surface area contributed by atoms with Crippen molar-refractivity contribution in [2.24, 2.45) is 0 Å². The van der Waals surface area contributed by atoms with Crippen molar-refractivity contribution >= 4 is 11.9 Å². The summed E-state index contributed by atoms with van der Waals surface area (Å²) in [7, 11) is 1.59. The van der Waals surface area contributed by atoms with E-state index in [1.807, 2.05) is 32.9 Å². The predicted molar refractivity (Wildman–Crippen MR) is 80.4 cm³/mol. The minimum absolute atomic E-state index is 0.0500. The molecule has 21 heavy (non-hydrogen) atoms. The van der Waals surface area contributed by atoms with E-state index in [2.05, 4.69) is 0 Å². The maximum atomic E-state index is 12.4. The zero-order chi connectivity index (χ0) is 16.0. The molecule has 0 unspecified atom stereocenters. The maximum Gasteiger partial charge on any atom is 0.305 e. The van der Waals surface area contributed by atoms with Crippen LogP contribution in [0.4, 0.5) is 0 Å². The number of nitrogens with zero attached hydrogens (tertiary/aromatic N) is 1. The molecule has 0 atom stereocenters. The van der Waals surface area contributed by atoms with Crippen molar-refractivity contribution in [1.29, 1.82) is 0 Å². The van der Waals surface area contributed by atoms with Crippen LogP contribution in [0.25, 0.3) is 0 Å². The fourth-order valence-corrected chi connectivity index (χ4v) is 2.06. The highest BCUT2D eigenvalue weighted by atomic mass is 16.5. The molecular formula is C16H23NO4. The van der Waals surface area contributed by atoms with Gasteiger partial charge in [-0.3, -0.25) is 9.59 Å². The molecule has 0 aliphatic heterocycles. The van der Waals surface area contributed by atoms with Gasteiger partial charge in [0.1, 0.15) is 5.75 Å². The van der Waals surface area contributed by atoms with Crippen molar-refractivity contribution in [1.82, 2.24) is 4.90 Å². The quantitative estimate of drug-likeness (QED) is 0.874. The molecule has 0 aromatic heterocycles. The summed E-state index contributed by atoms with van der Waals surface area (Å²) in [5, 5.41) is 8.81. The van der Waals surface area contributed by atoms with Gasteiger partial charge in [-0.05, 0) is 38.5 Å². The van der Waals surface area contributed by atoms with Gasteiger partial charge in [0.05, 0.1) is 20.0 Å². The first kappa shape index (κ1) is 17.0. The summed E-state index contributed by atoms with van der Waals surface area (Å²) in [5.41, 5.74) is 0.476. The summed E-state index contributed by atoms with van der Waals surface area (Å²) in [6, 6.07) is 7.30. The number of ether oxygens (including phenoxy) is 1. The molecule has 5 heteroatoms. The molecule has 0 saturated heterocycles. The van der Waals surface area contributed by atoms with Crippen molar-refractivity contribution in [3.63, 3.8) is 0 Å². The molecule has 1 rings (SSSR count). The maximum absolute atomic E-state index is 12.4. The number of aliphatic carboxylic acids is 1. The molecule has 1 aromatic carbocycles. The Morgan fingerprint density at radius 3 is 2.19 bits per heavy atom. The molecule has 1 N–H and O–H groups in total. The topological polar surface area (TPSA) is 66.8 Å². The number of rotatable bonds is 6. The lowest BCUT2D eigenvalue weighted by Gasteiger charge is -2.35. The Balaban J connectivity index is 2.77. The average molecular weight is 293 g/mol. The van der Waals surface area contributed by atoms with E-state index in [0.717, 1.165) is 11.3 Å². The van der Waals surface area contributed by atoms with Gasteiger partial charge < -0.3 is 14.7 Å². The zero-order valence-corrected chi connectivity index (χ0v) is 13.0. The fraction of sp³-hybridized carbons (Fsp3) is 0.500. The molecule has 0 fully saturated rings. The number of carbonyl (C=O) groups is 2. The molecule has 1 aromatic rings. The van der Waals surface area contributed by atoms with Gasteiger partial charge in [0, 0.05) is 12.1 Å². The van der Waals surface area contributed by atoms with Crippen LogP contribution in [0.1, 0.15) is 32.8 Å². The van der Waals surface area contributed by atoms with Gasteiger partial charge in [0.15, 0.2) is 0 Å². The van der Waals surface area contributed by atoms with E-state index in [1.54, 1.807) is 24.1 Å². The van der Waals surface area contributed by atoms with Crippen molar-refractivity contribution in [2.45, 2.75) is 39.2 Å². The molecule has 0 spiro atoms. The van der Waals surface area contributed by atoms with Crippen LogP contribution in [0.5, 0.6) is 5.75 Å². The predicted octanol–water partition coefficient (Wildman–Crippen LogP) is 2.34. The summed E-state index contributed by atoms with van der Waals surface area (Å²) in [6.07, 6.45) is 0.201. The average Bonchev–Trinajstić information content (AvgIpc) is 2.37. The Kier molecular flexibility index (Phi) is 5.76. The molecule has 0 aliphatic rings. The van der Waals surface area contributed by atoms with Crippen LogP contribution in [0.15, 0.2) is 24.3 Å². The Bertz CT molecular complexity index is 488. The van der Waals surface area contributed by atoms with E-state index in [1.165, 1.54) is 0 Å². The first-order chi connectivity index (χ1) is 9.74. The molecule has 116 valence electrons. The third-order valence-electron chi connectivity index (χ3n) is 3.17. The van der Waals surface area contributed by atoms with Gasteiger partial charge in [-0.2, -0.15) is 0 Å². The Morgan fingerprint density at radius 2 is 1.76 bits per heavy atom. The summed E-state index contributed by atoms with van der Waals surface area (Å²) < 4.78 is 5.08. The number of carboxylic acids is 1. The highest BCUT2D eigenvalue weighted by Gasteiger charge is 2.26. The van der Waals surface area contributed by atoms with Crippen LogP contribution in [-0.4, -0.2) is 41.1 Å². The monoisotopic (exact) mass is 293 g/mol. The molecule has 0 aliphatic carbocycles. The largest absolute Gasteiger partial charge is 0.497 e. The van der Waals surface area contributed by atoms with Gasteiger partial charge in [-0.15, -0.1) is 0 Å². The minimum atomic E-state index is -0.901. The van der Waals surface area contributed by atoms with E-state index in [9.17, 15) is 9.59 Å². The van der Waals surface area contributed by atoms with Crippen molar-refractivity contribution < 1.29 is 19.4 Å². The highest BCUT2D eigenvalue weighted by molar-refractivity contribution is 5.80. The molecule has 0 heterocycles. The second kappa shape index (κ2) is 7.11. The van der Waals surface area contributed by atoms with E-state index < -0.39 is 11.5 Å². The van der Waals surface area contributed by atoms with E-state index in [0.29, 0.717) is 0 Å². The summed E-state index contributed by atoms with van der Waals surface area (Å²) >= 11 is 0. The summed E-state index contributed by atoms with van der Waals surface area (Å²) in [4.78, 5) is 24.8. The Hall–Kier alpha value is -2.04. The van der Waals surface area contributed by atoms with Crippen LogP contribution < -0.4 is 4.74 Å². The molecule has 5 nitrogen and oxygen atoms in total. The summed E-state index contributed by atoms with van der Waals surface area (Å²) in [6.45, 7) is 5.93. The standard InChI is InChI=1S/C16H23NO4/c1-16(2,3)17(10-9-15(19)20)14(18)11-12-5-7-13(21-4)8-6-12/h5-8H,9-11H2,1-4H3,(H,19,20). The van der Waals surface area contributed by atoms with Gasteiger partial charge in [0.25, 0.3) is 0 Å². The fourth-order valence-electron chi connectivity index (χ4n) is 2.06. The Labute approximate surface area is 125 Å². The number of hydrogen-bond acceptors (Lipinski definition) is 3. The first-order valence-corrected chi connectivity index (χ1v) is 6.89. The number of methoxy groups -OCH3 is 1. The molecule has 0 radical (unpaired) electrons. The highest BCUT2D eigenvalue weighted by Crippen LogP contribution is 2.17. The number of carboxylic acid groups (broad SMARTS) is 1. The van der Waals surface area contributed by atoms with Gasteiger partial charge in [0.2, 0.25) is 5.91 Å². The molecule has 1 amide bonds. The lowest BCUT2D eigenvalue weighted by Crippen LogP contribution is -2.47. The molecule has 0 bridgehead atoms. The lowest BCUT2D eigenvalue weighted by atomic mass is 10.0. The van der Waals surface area contributed by atoms with Crippen LogP contribution in [-0.2, 0) is 16.0 Å². The molecular weight excluding hydrogens is 270 g/mol. The van der Waals surface area contributed by atoms with Crippen LogP contribution >= 0.6 is 0 Å². The number of carbonyl (C=O) groups excluding carboxylic acids is 1. The minimum Gasteiger partial charge on any atom is -0.497 e. The lowest BCUT2D eigenvalue weighted by molar-refractivity contribution is -0.140. The van der Waals surface area contributed by atoms with Crippen molar-refractivity contribution in [3.05, 3.63) is 29.8 Å². The SMILES string of the molecule is COc1ccc(CC(=O)N(CCC(=O)O)C(C)(C)C)cc1. The Morgan fingerprint density at radius 1 is 1.19 bits per heavy atom. The van der Waals surface area contributed by atoms with Crippen molar-refractivity contribution in [2.75, 3.05) is 13.7 Å². The number of benzene rings is 1. The first-order valence-electron chi connectivity index (χ1n) is 6.89. The van der Waals surface area contributed by atoms with Crippen molar-refractivity contribution in [3.8, 4) is 5.75 Å². The van der Waals surface area contributed by atoms with Gasteiger partial charge >= 0.3 is 5.97 Å². The zero-order valence-electron chi connectivity index (χ0n) is 13.0. The molecule has 0 saturated carbocycles. The number of hydrogen-bond donors (Lipinski definition) is 1. The van der Waals surface area contributed by atoms with Crippen LogP contribution in [0, 0.1) is 0 Å². The normalized spacial score (nSPS) is 11.0. The van der Waals surface area contributed by atoms with Gasteiger partial charge in [-0.25, -0.2) is 0 Å². The van der Waals surface area contributed by atoms with E-state index in [4.69, 9.17) is 9.84 Å². The van der Waals surface area contributed by atoms with E-state index in [-0.39, 0.29) is 25.3 Å². The smallest absolute Gasteiger partial charge is 0.305 e.